The first kappa shape index (κ1) is 26.2. The van der Waals surface area contributed by atoms with Crippen LogP contribution in [-0.4, -0.2) is 50.0 Å². The van der Waals surface area contributed by atoms with Crippen molar-refractivity contribution in [3.8, 4) is 11.5 Å². The molecule has 206 valence electrons. The number of halogens is 1. The van der Waals surface area contributed by atoms with Crippen molar-refractivity contribution in [3.05, 3.63) is 77.5 Å². The van der Waals surface area contributed by atoms with E-state index >= 15 is 4.39 Å². The summed E-state index contributed by atoms with van der Waals surface area (Å²) < 4.78 is 21.3. The lowest BCUT2D eigenvalue weighted by molar-refractivity contribution is -0.134. The molecule has 0 aliphatic carbocycles. The Morgan fingerprint density at radius 1 is 1.15 bits per heavy atom. The van der Waals surface area contributed by atoms with Crippen LogP contribution in [-0.2, 0) is 21.7 Å². The molecule has 2 aliphatic heterocycles. The van der Waals surface area contributed by atoms with Gasteiger partial charge in [0, 0.05) is 54.2 Å². The summed E-state index contributed by atoms with van der Waals surface area (Å²) in [5, 5.41) is 18.3. The van der Waals surface area contributed by atoms with Crippen molar-refractivity contribution in [2.24, 2.45) is 5.41 Å². The van der Waals surface area contributed by atoms with E-state index in [1.54, 1.807) is 24.4 Å². The van der Waals surface area contributed by atoms with Crippen molar-refractivity contribution >= 4 is 22.7 Å². The molecule has 2 amide bonds. The van der Waals surface area contributed by atoms with Gasteiger partial charge in [-0.15, -0.1) is 0 Å². The monoisotopic (exact) mass is 543 g/mol. The van der Waals surface area contributed by atoms with Crippen molar-refractivity contribution in [1.29, 1.82) is 0 Å². The van der Waals surface area contributed by atoms with Gasteiger partial charge in [0.15, 0.2) is 6.33 Å². The minimum Gasteiger partial charge on any atom is -0.384 e. The Hall–Kier alpha value is -4.02. The highest BCUT2D eigenvalue weighted by Crippen LogP contribution is 2.48. The van der Waals surface area contributed by atoms with E-state index in [1.807, 2.05) is 38.1 Å². The second kappa shape index (κ2) is 9.87. The number of imide groups is 1. The Morgan fingerprint density at radius 2 is 1.95 bits per heavy atom. The predicted octanol–water partition coefficient (Wildman–Crippen LogP) is 4.06. The number of rotatable bonds is 5. The van der Waals surface area contributed by atoms with Crippen LogP contribution >= 0.6 is 0 Å². The molecule has 2 N–H and O–H groups in total. The van der Waals surface area contributed by atoms with Crippen LogP contribution in [0.25, 0.3) is 22.4 Å². The van der Waals surface area contributed by atoms with E-state index in [-0.39, 0.29) is 23.3 Å². The van der Waals surface area contributed by atoms with Gasteiger partial charge in [0.25, 0.3) is 5.89 Å². The summed E-state index contributed by atoms with van der Waals surface area (Å²) in [5.74, 6) is -1.33. The van der Waals surface area contributed by atoms with E-state index in [9.17, 15) is 14.7 Å². The molecule has 40 heavy (non-hydrogen) atoms. The van der Waals surface area contributed by atoms with Crippen LogP contribution in [0.15, 0.2) is 59.5 Å². The first-order valence-corrected chi connectivity index (χ1v) is 13.4. The molecular formula is C30H30FN5O4. The molecule has 2 aromatic carbocycles. The van der Waals surface area contributed by atoms with Crippen molar-refractivity contribution in [1.82, 2.24) is 25.3 Å². The van der Waals surface area contributed by atoms with E-state index in [0.717, 1.165) is 11.1 Å². The third-order valence-corrected chi connectivity index (χ3v) is 8.40. The van der Waals surface area contributed by atoms with Crippen LogP contribution in [0, 0.1) is 11.2 Å². The highest BCUT2D eigenvalue weighted by molar-refractivity contribution is 6.01. The molecule has 2 aromatic heterocycles. The molecule has 0 spiro atoms. The Bertz CT molecular complexity index is 1590. The molecule has 4 heterocycles. The highest BCUT2D eigenvalue weighted by atomic mass is 19.1. The zero-order chi connectivity index (χ0) is 28.1. The van der Waals surface area contributed by atoms with Gasteiger partial charge < -0.3 is 9.63 Å². The number of carbonyl (C=O) groups excluding carboxylic acids is 2. The smallest absolute Gasteiger partial charge is 0.257 e. The molecule has 10 heteroatoms. The number of fused-ring (bicyclic) bond motifs is 1. The van der Waals surface area contributed by atoms with Crippen LogP contribution in [0.5, 0.6) is 0 Å². The first-order valence-electron chi connectivity index (χ1n) is 13.4. The standard InChI is InChI=1S/C30H30FN5O4/c1-29(2)16-36(15-18-3-5-19(6-4-18)28-33-17-34-40-28)12-11-30(29,39)23-8-9-24-22(26(23)31)13-20(14-32-24)21-7-10-25(37)35-27(21)38/h3-6,8-9,13-14,17,21,39H,7,10-12,15-16H2,1-2H3,(H,35,37,38). The zero-order valence-corrected chi connectivity index (χ0v) is 22.4. The minimum atomic E-state index is -1.41. The number of likely N-dealkylation sites (tertiary alicyclic amines) is 1. The summed E-state index contributed by atoms with van der Waals surface area (Å²) in [5.41, 5.74) is 1.10. The van der Waals surface area contributed by atoms with Gasteiger partial charge in [-0.25, -0.2) is 4.39 Å². The summed E-state index contributed by atoms with van der Waals surface area (Å²) >= 11 is 0. The predicted molar refractivity (Wildman–Crippen MR) is 144 cm³/mol. The van der Waals surface area contributed by atoms with E-state index in [0.29, 0.717) is 49.4 Å². The van der Waals surface area contributed by atoms with Crippen LogP contribution in [0.1, 0.15) is 55.7 Å². The maximum absolute atomic E-state index is 16.2. The van der Waals surface area contributed by atoms with Crippen molar-refractivity contribution < 1.29 is 23.6 Å². The summed E-state index contributed by atoms with van der Waals surface area (Å²) in [4.78, 5) is 34.7. The van der Waals surface area contributed by atoms with Gasteiger partial charge in [0.1, 0.15) is 5.82 Å². The molecule has 9 nitrogen and oxygen atoms in total. The van der Waals surface area contributed by atoms with Gasteiger partial charge in [-0.3, -0.25) is 24.8 Å². The lowest BCUT2D eigenvalue weighted by atomic mass is 9.66. The lowest BCUT2D eigenvalue weighted by Crippen LogP contribution is -2.55. The third kappa shape index (κ3) is 4.56. The molecule has 2 fully saturated rings. The van der Waals surface area contributed by atoms with E-state index < -0.39 is 28.7 Å². The number of hydrogen-bond donors (Lipinski definition) is 2. The fourth-order valence-electron chi connectivity index (χ4n) is 6.07. The number of hydrogen-bond acceptors (Lipinski definition) is 8. The van der Waals surface area contributed by atoms with Crippen molar-refractivity contribution in [3.63, 3.8) is 0 Å². The number of aliphatic hydroxyl groups is 1. The number of nitrogens with one attached hydrogen (secondary N) is 1. The number of amides is 2. The van der Waals surface area contributed by atoms with Crippen LogP contribution in [0.3, 0.4) is 0 Å². The summed E-state index contributed by atoms with van der Waals surface area (Å²) in [7, 11) is 0. The Labute approximate surface area is 230 Å². The fraction of sp³-hybridized carbons (Fsp3) is 0.367. The summed E-state index contributed by atoms with van der Waals surface area (Å²) in [6, 6.07) is 12.9. The van der Waals surface area contributed by atoms with Crippen molar-refractivity contribution in [2.45, 2.75) is 51.2 Å². The minimum absolute atomic E-state index is 0.226. The maximum Gasteiger partial charge on any atom is 0.257 e. The second-order valence-corrected chi connectivity index (χ2v) is 11.4. The molecule has 0 radical (unpaired) electrons. The Morgan fingerprint density at radius 3 is 2.65 bits per heavy atom. The Kier molecular flexibility index (Phi) is 6.47. The van der Waals surface area contributed by atoms with E-state index in [4.69, 9.17) is 4.52 Å². The second-order valence-electron chi connectivity index (χ2n) is 11.4. The number of pyridine rings is 1. The largest absolute Gasteiger partial charge is 0.384 e. The average Bonchev–Trinajstić information content (AvgIpc) is 3.47. The van der Waals surface area contributed by atoms with Crippen molar-refractivity contribution in [2.75, 3.05) is 13.1 Å². The van der Waals surface area contributed by atoms with Gasteiger partial charge in [-0.05, 0) is 48.2 Å². The summed E-state index contributed by atoms with van der Waals surface area (Å²) in [6.45, 7) is 5.74. The molecule has 2 aliphatic rings. The number of piperidine rings is 2. The number of benzene rings is 2. The number of nitrogens with zero attached hydrogens (tertiary/aromatic N) is 4. The normalized spacial score (nSPS) is 23.4. The molecule has 4 aromatic rings. The quantitative estimate of drug-likeness (QED) is 0.362. The van der Waals surface area contributed by atoms with E-state index in [2.05, 4.69) is 25.3 Å². The molecule has 0 saturated carbocycles. The molecule has 6 rings (SSSR count). The molecule has 2 unspecified atom stereocenters. The van der Waals surface area contributed by atoms with Gasteiger partial charge in [0.05, 0.1) is 17.0 Å². The molecule has 2 atom stereocenters. The summed E-state index contributed by atoms with van der Waals surface area (Å²) in [6.07, 6.45) is 3.86. The lowest BCUT2D eigenvalue weighted by Gasteiger charge is -2.50. The zero-order valence-electron chi connectivity index (χ0n) is 22.4. The molecular weight excluding hydrogens is 513 g/mol. The van der Waals surface area contributed by atoms with Gasteiger partial charge in [-0.2, -0.15) is 4.98 Å². The fourth-order valence-corrected chi connectivity index (χ4v) is 6.07. The van der Waals surface area contributed by atoms with Gasteiger partial charge in [0.2, 0.25) is 11.8 Å². The van der Waals surface area contributed by atoms with Crippen LogP contribution in [0.4, 0.5) is 4.39 Å². The molecule has 2 saturated heterocycles. The van der Waals surface area contributed by atoms with Crippen LogP contribution < -0.4 is 5.32 Å². The number of carbonyl (C=O) groups is 2. The van der Waals surface area contributed by atoms with E-state index in [1.165, 1.54) is 6.33 Å². The topological polar surface area (TPSA) is 121 Å². The van der Waals surface area contributed by atoms with Gasteiger partial charge >= 0.3 is 0 Å². The van der Waals surface area contributed by atoms with Crippen LogP contribution in [0.2, 0.25) is 0 Å². The Balaban J connectivity index is 1.24. The first-order chi connectivity index (χ1) is 19.1. The third-order valence-electron chi connectivity index (χ3n) is 8.40. The average molecular weight is 544 g/mol. The highest BCUT2D eigenvalue weighted by Gasteiger charge is 2.50. The SMILES string of the molecule is CC1(C)CN(Cc2ccc(-c3ncno3)cc2)CCC1(O)c1ccc2ncc(C3CCC(=O)NC3=O)cc2c1F. The molecule has 0 bridgehead atoms. The van der Waals surface area contributed by atoms with Gasteiger partial charge in [-0.1, -0.05) is 37.2 Å². The maximum atomic E-state index is 16.2. The number of aromatic nitrogens is 3.